The highest BCUT2D eigenvalue weighted by Gasteiger charge is 2.01. The molecular formula is C14H18N2S. The molecule has 1 N–H and O–H groups in total. The summed E-state index contributed by atoms with van der Waals surface area (Å²) < 4.78 is 0. The lowest BCUT2D eigenvalue weighted by Crippen LogP contribution is -2.14. The third-order valence-electron chi connectivity index (χ3n) is 2.79. The van der Waals surface area contributed by atoms with Crippen molar-refractivity contribution >= 4 is 11.3 Å². The third-order valence-corrected chi connectivity index (χ3v) is 3.61. The minimum atomic E-state index is 0.850. The van der Waals surface area contributed by atoms with Gasteiger partial charge in [0.2, 0.25) is 0 Å². The van der Waals surface area contributed by atoms with E-state index in [-0.39, 0.29) is 0 Å². The molecule has 0 unspecified atom stereocenters. The standard InChI is InChI=1S/C14H18N2S/c1-3-12-6-4-5-7-13(12)8-15-9-14-10-17-11(2)16-14/h4-7,10,15H,3,8-9H2,1-2H3. The molecule has 90 valence electrons. The van der Waals surface area contributed by atoms with Crippen LogP contribution in [0, 0.1) is 6.92 Å². The molecule has 0 fully saturated rings. The molecule has 0 amide bonds. The Kier molecular flexibility index (Phi) is 4.29. The van der Waals surface area contributed by atoms with Crippen molar-refractivity contribution in [1.82, 2.24) is 10.3 Å². The van der Waals surface area contributed by atoms with Gasteiger partial charge in [0, 0.05) is 18.5 Å². The molecule has 1 heterocycles. The number of benzene rings is 1. The normalized spacial score (nSPS) is 10.7. The number of aryl methyl sites for hydroxylation is 2. The lowest BCUT2D eigenvalue weighted by atomic mass is 10.1. The second kappa shape index (κ2) is 5.94. The van der Waals surface area contributed by atoms with E-state index in [0.29, 0.717) is 0 Å². The second-order valence-electron chi connectivity index (χ2n) is 4.08. The molecular weight excluding hydrogens is 228 g/mol. The summed E-state index contributed by atoms with van der Waals surface area (Å²) in [5.41, 5.74) is 3.96. The predicted octanol–water partition coefficient (Wildman–Crippen LogP) is 3.30. The van der Waals surface area contributed by atoms with Gasteiger partial charge >= 0.3 is 0 Å². The van der Waals surface area contributed by atoms with Crippen molar-refractivity contribution in [2.75, 3.05) is 0 Å². The Labute approximate surface area is 107 Å². The smallest absolute Gasteiger partial charge is 0.0897 e. The maximum atomic E-state index is 4.44. The van der Waals surface area contributed by atoms with E-state index in [1.54, 1.807) is 11.3 Å². The maximum absolute atomic E-state index is 4.44. The van der Waals surface area contributed by atoms with Crippen molar-refractivity contribution < 1.29 is 0 Å². The van der Waals surface area contributed by atoms with E-state index in [0.717, 1.165) is 30.2 Å². The number of nitrogens with zero attached hydrogens (tertiary/aromatic N) is 1. The van der Waals surface area contributed by atoms with Gasteiger partial charge in [-0.2, -0.15) is 0 Å². The Morgan fingerprint density at radius 3 is 2.59 bits per heavy atom. The Morgan fingerprint density at radius 1 is 1.18 bits per heavy atom. The van der Waals surface area contributed by atoms with Crippen molar-refractivity contribution in [2.45, 2.75) is 33.4 Å². The van der Waals surface area contributed by atoms with Gasteiger partial charge in [-0.25, -0.2) is 4.98 Å². The molecule has 0 saturated carbocycles. The Morgan fingerprint density at radius 2 is 1.94 bits per heavy atom. The van der Waals surface area contributed by atoms with Gasteiger partial charge in [-0.3, -0.25) is 0 Å². The minimum Gasteiger partial charge on any atom is -0.307 e. The van der Waals surface area contributed by atoms with E-state index in [2.05, 4.69) is 46.9 Å². The van der Waals surface area contributed by atoms with Crippen LogP contribution in [0.15, 0.2) is 29.6 Å². The molecule has 1 aromatic carbocycles. The minimum absolute atomic E-state index is 0.850. The zero-order chi connectivity index (χ0) is 12.1. The van der Waals surface area contributed by atoms with Gasteiger partial charge in [0.25, 0.3) is 0 Å². The number of hydrogen-bond donors (Lipinski definition) is 1. The van der Waals surface area contributed by atoms with Gasteiger partial charge in [-0.05, 0) is 24.5 Å². The molecule has 2 rings (SSSR count). The van der Waals surface area contributed by atoms with Crippen molar-refractivity contribution in [3.63, 3.8) is 0 Å². The zero-order valence-electron chi connectivity index (χ0n) is 10.4. The van der Waals surface area contributed by atoms with E-state index in [4.69, 9.17) is 0 Å². The van der Waals surface area contributed by atoms with Crippen LogP contribution in [-0.4, -0.2) is 4.98 Å². The van der Waals surface area contributed by atoms with Crippen molar-refractivity contribution in [2.24, 2.45) is 0 Å². The van der Waals surface area contributed by atoms with E-state index in [1.165, 1.54) is 11.1 Å². The molecule has 0 aliphatic heterocycles. The van der Waals surface area contributed by atoms with Crippen molar-refractivity contribution in [3.05, 3.63) is 51.5 Å². The van der Waals surface area contributed by atoms with Gasteiger partial charge in [0.15, 0.2) is 0 Å². The molecule has 2 aromatic rings. The van der Waals surface area contributed by atoms with E-state index in [1.807, 2.05) is 6.92 Å². The number of hydrogen-bond acceptors (Lipinski definition) is 3. The molecule has 3 heteroatoms. The van der Waals surface area contributed by atoms with Crippen LogP contribution in [0.4, 0.5) is 0 Å². The molecule has 0 aliphatic carbocycles. The van der Waals surface area contributed by atoms with Crippen LogP contribution in [0.3, 0.4) is 0 Å². The van der Waals surface area contributed by atoms with E-state index in [9.17, 15) is 0 Å². The molecule has 0 radical (unpaired) electrons. The molecule has 0 aliphatic rings. The summed E-state index contributed by atoms with van der Waals surface area (Å²) in [5.74, 6) is 0. The van der Waals surface area contributed by atoms with E-state index >= 15 is 0 Å². The highest BCUT2D eigenvalue weighted by molar-refractivity contribution is 7.09. The quantitative estimate of drug-likeness (QED) is 0.875. The van der Waals surface area contributed by atoms with Crippen LogP contribution < -0.4 is 5.32 Å². The highest BCUT2D eigenvalue weighted by Crippen LogP contribution is 2.10. The summed E-state index contributed by atoms with van der Waals surface area (Å²) in [6, 6.07) is 8.59. The number of thiazole rings is 1. The van der Waals surface area contributed by atoms with Crippen LogP contribution in [0.5, 0.6) is 0 Å². The van der Waals surface area contributed by atoms with Gasteiger partial charge < -0.3 is 5.32 Å². The van der Waals surface area contributed by atoms with Gasteiger partial charge in [-0.15, -0.1) is 11.3 Å². The number of nitrogens with one attached hydrogen (secondary N) is 1. The summed E-state index contributed by atoms with van der Waals surface area (Å²) in [6.45, 7) is 6.01. The topological polar surface area (TPSA) is 24.9 Å². The fourth-order valence-electron chi connectivity index (χ4n) is 1.89. The SMILES string of the molecule is CCc1ccccc1CNCc1csc(C)n1. The van der Waals surface area contributed by atoms with Crippen LogP contribution >= 0.6 is 11.3 Å². The first-order chi connectivity index (χ1) is 8.29. The first kappa shape index (κ1) is 12.3. The fourth-order valence-corrected chi connectivity index (χ4v) is 2.50. The fraction of sp³-hybridized carbons (Fsp3) is 0.357. The van der Waals surface area contributed by atoms with Gasteiger partial charge in [0.1, 0.15) is 0 Å². The summed E-state index contributed by atoms with van der Waals surface area (Å²) in [7, 11) is 0. The molecule has 0 spiro atoms. The first-order valence-corrected chi connectivity index (χ1v) is 6.86. The zero-order valence-corrected chi connectivity index (χ0v) is 11.2. The monoisotopic (exact) mass is 246 g/mol. The lowest BCUT2D eigenvalue weighted by molar-refractivity contribution is 0.677. The third kappa shape index (κ3) is 3.38. The molecule has 2 nitrogen and oxygen atoms in total. The molecule has 17 heavy (non-hydrogen) atoms. The van der Waals surface area contributed by atoms with Crippen LogP contribution in [0.1, 0.15) is 28.8 Å². The summed E-state index contributed by atoms with van der Waals surface area (Å²) in [5, 5.41) is 6.70. The molecule has 0 bridgehead atoms. The number of aromatic nitrogens is 1. The van der Waals surface area contributed by atoms with Crippen LogP contribution in [0.25, 0.3) is 0 Å². The summed E-state index contributed by atoms with van der Waals surface area (Å²) in [4.78, 5) is 4.44. The first-order valence-electron chi connectivity index (χ1n) is 5.98. The van der Waals surface area contributed by atoms with Crippen molar-refractivity contribution in [3.8, 4) is 0 Å². The average Bonchev–Trinajstić information content (AvgIpc) is 2.76. The molecule has 0 saturated heterocycles. The molecule has 0 atom stereocenters. The second-order valence-corrected chi connectivity index (χ2v) is 5.15. The largest absolute Gasteiger partial charge is 0.307 e. The lowest BCUT2D eigenvalue weighted by Gasteiger charge is -2.08. The van der Waals surface area contributed by atoms with Crippen molar-refractivity contribution in [1.29, 1.82) is 0 Å². The Bertz CT molecular complexity index is 477. The van der Waals surface area contributed by atoms with E-state index < -0.39 is 0 Å². The average molecular weight is 246 g/mol. The Hall–Kier alpha value is -1.19. The maximum Gasteiger partial charge on any atom is 0.0897 e. The Balaban J connectivity index is 1.89. The highest BCUT2D eigenvalue weighted by atomic mass is 32.1. The summed E-state index contributed by atoms with van der Waals surface area (Å²) in [6.07, 6.45) is 1.09. The predicted molar refractivity (Wildman–Crippen MR) is 73.2 cm³/mol. The van der Waals surface area contributed by atoms with Gasteiger partial charge in [-0.1, -0.05) is 31.2 Å². The van der Waals surface area contributed by atoms with Crippen LogP contribution in [-0.2, 0) is 19.5 Å². The van der Waals surface area contributed by atoms with Gasteiger partial charge in [0.05, 0.1) is 10.7 Å². The number of rotatable bonds is 5. The molecule has 1 aromatic heterocycles. The summed E-state index contributed by atoms with van der Waals surface area (Å²) >= 11 is 1.71. The van der Waals surface area contributed by atoms with Crippen LogP contribution in [0.2, 0.25) is 0 Å².